The van der Waals surface area contributed by atoms with Gasteiger partial charge in [-0.15, -0.1) is 0 Å². The van der Waals surface area contributed by atoms with Crippen LogP contribution in [0.4, 0.5) is 24.8 Å². The van der Waals surface area contributed by atoms with Crippen molar-refractivity contribution < 1.29 is 13.2 Å². The predicted molar refractivity (Wildman–Crippen MR) is 114 cm³/mol. The summed E-state index contributed by atoms with van der Waals surface area (Å²) in [6, 6.07) is 2.99. The Morgan fingerprint density at radius 2 is 2.10 bits per heavy atom. The van der Waals surface area contributed by atoms with Gasteiger partial charge in [-0.05, 0) is 55.0 Å². The molecular formula is C20H26F3N7O. The number of H-pyrrole nitrogens is 1. The standard InChI is InChI=1S/C20H26F3N7O/c1-12-10-26-17(27-16(24)11-29(2)25)9-14(12)13-7-18(28-19(31)8-13)30-6-4-3-5-15(30)20(21,22)23/h7-11,15H,3-6,24-25H2,1-2H3,(H,26,27)(H,28,31)/b16-11+. The Labute approximate surface area is 177 Å². The third-order valence-corrected chi connectivity index (χ3v) is 5.05. The second-order valence-corrected chi connectivity index (χ2v) is 7.62. The largest absolute Gasteiger partial charge is 0.408 e. The molecule has 0 aliphatic carbocycles. The monoisotopic (exact) mass is 437 g/mol. The lowest BCUT2D eigenvalue weighted by molar-refractivity contribution is -0.152. The summed E-state index contributed by atoms with van der Waals surface area (Å²) in [5.41, 5.74) is 7.28. The summed E-state index contributed by atoms with van der Waals surface area (Å²) in [5.74, 6) is 6.34. The number of aromatic amines is 1. The second-order valence-electron chi connectivity index (χ2n) is 7.62. The quantitative estimate of drug-likeness (QED) is 0.420. The van der Waals surface area contributed by atoms with Crippen molar-refractivity contribution >= 4 is 11.6 Å². The van der Waals surface area contributed by atoms with Crippen LogP contribution in [-0.2, 0) is 0 Å². The maximum absolute atomic E-state index is 13.6. The van der Waals surface area contributed by atoms with Crippen LogP contribution >= 0.6 is 0 Å². The number of halogens is 3. The van der Waals surface area contributed by atoms with Crippen LogP contribution in [0.2, 0.25) is 0 Å². The molecule has 8 nitrogen and oxygen atoms in total. The topological polar surface area (TPSA) is 116 Å². The predicted octanol–water partition coefficient (Wildman–Crippen LogP) is 2.64. The van der Waals surface area contributed by atoms with Gasteiger partial charge in [0.05, 0.1) is 6.20 Å². The van der Waals surface area contributed by atoms with E-state index in [9.17, 15) is 18.0 Å². The third kappa shape index (κ3) is 5.48. The van der Waals surface area contributed by atoms with Crippen molar-refractivity contribution in [3.05, 3.63) is 52.3 Å². The van der Waals surface area contributed by atoms with Crippen molar-refractivity contribution in [2.24, 2.45) is 11.6 Å². The number of hydrogen-bond acceptors (Lipinski definition) is 7. The molecule has 1 aliphatic rings. The van der Waals surface area contributed by atoms with Crippen LogP contribution in [0, 0.1) is 6.92 Å². The summed E-state index contributed by atoms with van der Waals surface area (Å²) in [5, 5.41) is 4.17. The summed E-state index contributed by atoms with van der Waals surface area (Å²) in [7, 11) is 1.61. The van der Waals surface area contributed by atoms with E-state index in [0.29, 0.717) is 29.8 Å². The van der Waals surface area contributed by atoms with Crippen LogP contribution < -0.4 is 27.4 Å². The van der Waals surface area contributed by atoms with Gasteiger partial charge in [-0.2, -0.15) is 13.2 Å². The molecule has 0 spiro atoms. The Hall–Kier alpha value is -3.21. The van der Waals surface area contributed by atoms with Crippen LogP contribution in [0.3, 0.4) is 0 Å². The molecule has 31 heavy (non-hydrogen) atoms. The van der Waals surface area contributed by atoms with Gasteiger partial charge in [0.2, 0.25) is 5.56 Å². The fourth-order valence-electron chi connectivity index (χ4n) is 3.70. The molecule has 3 rings (SSSR count). The van der Waals surface area contributed by atoms with Gasteiger partial charge >= 0.3 is 6.18 Å². The van der Waals surface area contributed by atoms with Crippen LogP contribution in [-0.4, -0.2) is 40.8 Å². The highest BCUT2D eigenvalue weighted by molar-refractivity contribution is 5.72. The van der Waals surface area contributed by atoms with E-state index >= 15 is 0 Å². The minimum Gasteiger partial charge on any atom is -0.384 e. The number of aromatic nitrogens is 2. The van der Waals surface area contributed by atoms with Crippen molar-refractivity contribution in [3.8, 4) is 11.1 Å². The molecule has 11 heteroatoms. The van der Waals surface area contributed by atoms with Crippen molar-refractivity contribution in [1.29, 1.82) is 0 Å². The van der Waals surface area contributed by atoms with E-state index in [1.54, 1.807) is 32.3 Å². The SMILES string of the molecule is Cc1cnc(N/C(N)=C/N(C)N)cc1-c1cc(N2CCCCC2C(F)(F)F)[nH]c(=O)c1. The number of nitrogens with zero attached hydrogens (tertiary/aromatic N) is 3. The van der Waals surface area contributed by atoms with Gasteiger partial charge in [-0.1, -0.05) is 0 Å². The Morgan fingerprint density at radius 3 is 2.77 bits per heavy atom. The number of hydrogen-bond donors (Lipinski definition) is 4. The molecule has 0 saturated carbocycles. The Balaban J connectivity index is 2.00. The summed E-state index contributed by atoms with van der Waals surface area (Å²) < 4.78 is 40.7. The zero-order valence-corrected chi connectivity index (χ0v) is 17.3. The number of pyridine rings is 2. The molecule has 0 bridgehead atoms. The van der Waals surface area contributed by atoms with E-state index in [-0.39, 0.29) is 24.6 Å². The van der Waals surface area contributed by atoms with E-state index in [2.05, 4.69) is 15.3 Å². The lowest BCUT2D eigenvalue weighted by Gasteiger charge is -2.38. The van der Waals surface area contributed by atoms with Gasteiger partial charge in [0, 0.05) is 25.9 Å². The number of alkyl halides is 3. The zero-order valence-electron chi connectivity index (χ0n) is 17.3. The van der Waals surface area contributed by atoms with E-state index < -0.39 is 17.8 Å². The minimum absolute atomic E-state index is 0.000683. The van der Waals surface area contributed by atoms with Gasteiger partial charge in [0.25, 0.3) is 0 Å². The molecule has 2 aromatic rings. The molecule has 0 radical (unpaired) electrons. The third-order valence-electron chi connectivity index (χ3n) is 5.05. The van der Waals surface area contributed by atoms with E-state index in [4.69, 9.17) is 11.6 Å². The summed E-state index contributed by atoms with van der Waals surface area (Å²) >= 11 is 0. The minimum atomic E-state index is -4.38. The molecule has 168 valence electrons. The first-order chi connectivity index (χ1) is 14.5. The summed E-state index contributed by atoms with van der Waals surface area (Å²) in [6.45, 7) is 2.03. The molecule has 3 heterocycles. The first kappa shape index (κ1) is 22.5. The first-order valence-corrected chi connectivity index (χ1v) is 9.81. The molecule has 2 aromatic heterocycles. The highest BCUT2D eigenvalue weighted by Crippen LogP contribution is 2.35. The molecular weight excluding hydrogens is 411 g/mol. The van der Waals surface area contributed by atoms with Gasteiger partial charge < -0.3 is 25.9 Å². The van der Waals surface area contributed by atoms with Crippen molar-refractivity contribution in [2.75, 3.05) is 23.8 Å². The molecule has 1 atom stereocenters. The normalized spacial score (nSPS) is 17.5. The van der Waals surface area contributed by atoms with E-state index in [1.165, 1.54) is 22.2 Å². The zero-order chi connectivity index (χ0) is 22.8. The highest BCUT2D eigenvalue weighted by Gasteiger charge is 2.45. The molecule has 1 aliphatic heterocycles. The number of anilines is 2. The number of aryl methyl sites for hydroxylation is 1. The Morgan fingerprint density at radius 1 is 1.35 bits per heavy atom. The maximum atomic E-state index is 13.6. The van der Waals surface area contributed by atoms with Crippen molar-refractivity contribution in [3.63, 3.8) is 0 Å². The molecule has 1 saturated heterocycles. The average molecular weight is 437 g/mol. The lowest BCUT2D eigenvalue weighted by Crippen LogP contribution is -2.49. The number of hydrazine groups is 1. The van der Waals surface area contributed by atoms with Gasteiger partial charge in [0.1, 0.15) is 23.5 Å². The Kier molecular flexibility index (Phi) is 6.44. The summed E-state index contributed by atoms with van der Waals surface area (Å²) in [4.78, 5) is 20.4. The number of nitrogens with one attached hydrogen (secondary N) is 2. The van der Waals surface area contributed by atoms with Crippen molar-refractivity contribution in [1.82, 2.24) is 15.0 Å². The molecule has 0 amide bonds. The average Bonchev–Trinajstić information content (AvgIpc) is 2.67. The van der Waals surface area contributed by atoms with Gasteiger partial charge in [-0.3, -0.25) is 4.79 Å². The van der Waals surface area contributed by atoms with Crippen LogP contribution in [0.1, 0.15) is 24.8 Å². The van der Waals surface area contributed by atoms with Gasteiger partial charge in [-0.25, -0.2) is 10.8 Å². The Bertz CT molecular complexity index is 1020. The van der Waals surface area contributed by atoms with Crippen LogP contribution in [0.15, 0.2) is 41.2 Å². The van der Waals surface area contributed by atoms with Gasteiger partial charge in [0.15, 0.2) is 0 Å². The molecule has 1 unspecified atom stereocenters. The fourth-order valence-corrected chi connectivity index (χ4v) is 3.70. The second kappa shape index (κ2) is 8.88. The van der Waals surface area contributed by atoms with Crippen LogP contribution in [0.5, 0.6) is 0 Å². The number of piperidine rings is 1. The number of rotatable bonds is 5. The smallest absolute Gasteiger partial charge is 0.384 e. The van der Waals surface area contributed by atoms with E-state index in [1.807, 2.05) is 0 Å². The van der Waals surface area contributed by atoms with E-state index in [0.717, 1.165) is 5.56 Å². The molecule has 1 fully saturated rings. The summed E-state index contributed by atoms with van der Waals surface area (Å²) in [6.07, 6.45) is -0.202. The maximum Gasteiger partial charge on any atom is 0.408 e. The molecule has 6 N–H and O–H groups in total. The molecule has 0 aromatic carbocycles. The lowest BCUT2D eigenvalue weighted by atomic mass is 10.00. The first-order valence-electron chi connectivity index (χ1n) is 9.81. The highest BCUT2D eigenvalue weighted by atomic mass is 19.4. The van der Waals surface area contributed by atoms with Crippen LogP contribution in [0.25, 0.3) is 11.1 Å². The fraction of sp³-hybridized carbons (Fsp3) is 0.400. The van der Waals surface area contributed by atoms with Crippen molar-refractivity contribution in [2.45, 2.75) is 38.4 Å². The number of nitrogens with two attached hydrogens (primary N) is 2.